The molecule has 0 bridgehead atoms. The summed E-state index contributed by atoms with van der Waals surface area (Å²) in [5, 5.41) is 5.62. The lowest BCUT2D eigenvalue weighted by molar-refractivity contribution is 0.550. The first kappa shape index (κ1) is 32.7. The maximum absolute atomic E-state index is 6.56. The highest BCUT2D eigenvalue weighted by molar-refractivity contribution is 6.10. The summed E-state index contributed by atoms with van der Waals surface area (Å²) in [6.45, 7) is 2.29. The average Bonchev–Trinajstić information content (AvgIpc) is 3.95. The van der Waals surface area contributed by atoms with Crippen molar-refractivity contribution in [2.75, 3.05) is 0 Å². The van der Waals surface area contributed by atoms with Crippen LogP contribution in [0.3, 0.4) is 0 Å². The quantitative estimate of drug-likeness (QED) is 0.175. The van der Waals surface area contributed by atoms with Crippen molar-refractivity contribution in [3.63, 3.8) is 0 Å². The molecular formula is C52H34N4O2. The summed E-state index contributed by atoms with van der Waals surface area (Å²) in [5.74, 6) is 2.59. The van der Waals surface area contributed by atoms with Crippen LogP contribution < -0.4 is 0 Å². The van der Waals surface area contributed by atoms with Gasteiger partial charge < -0.3 is 13.4 Å². The zero-order chi connectivity index (χ0) is 38.4. The smallest absolute Gasteiger partial charge is 0.166 e. The maximum Gasteiger partial charge on any atom is 0.166 e. The van der Waals surface area contributed by atoms with Crippen LogP contribution in [-0.2, 0) is 11.8 Å². The molecule has 0 amide bonds. The summed E-state index contributed by atoms with van der Waals surface area (Å²) in [6.07, 6.45) is 5.25. The number of rotatable bonds is 5. The third-order valence-corrected chi connectivity index (χ3v) is 11.9. The average molecular weight is 747 g/mol. The fourth-order valence-electron chi connectivity index (χ4n) is 8.99. The number of hydrogen-bond donors (Lipinski definition) is 0. The Balaban J connectivity index is 1.05. The molecule has 0 fully saturated rings. The summed E-state index contributed by atoms with van der Waals surface area (Å²) >= 11 is 0. The van der Waals surface area contributed by atoms with E-state index in [1.807, 2.05) is 30.3 Å². The minimum Gasteiger partial charge on any atom is -0.456 e. The topological polar surface area (TPSA) is 69.9 Å². The van der Waals surface area contributed by atoms with E-state index in [9.17, 15) is 0 Å². The van der Waals surface area contributed by atoms with Crippen molar-refractivity contribution in [3.05, 3.63) is 187 Å². The van der Waals surface area contributed by atoms with Crippen LogP contribution in [0.4, 0.5) is 0 Å². The summed E-state index contributed by atoms with van der Waals surface area (Å²) in [7, 11) is 0. The predicted molar refractivity (Wildman–Crippen MR) is 234 cm³/mol. The van der Waals surface area contributed by atoms with E-state index in [2.05, 4.69) is 157 Å². The Morgan fingerprint density at radius 1 is 0.500 bits per heavy atom. The normalized spacial score (nSPS) is 15.3. The largest absolute Gasteiger partial charge is 0.456 e. The minimum absolute atomic E-state index is 0.132. The van der Waals surface area contributed by atoms with Crippen LogP contribution in [0.5, 0.6) is 0 Å². The summed E-state index contributed by atoms with van der Waals surface area (Å²) in [5.41, 5.74) is 10.6. The van der Waals surface area contributed by atoms with Crippen molar-refractivity contribution in [1.29, 1.82) is 0 Å². The van der Waals surface area contributed by atoms with Crippen molar-refractivity contribution in [2.45, 2.75) is 18.8 Å². The van der Waals surface area contributed by atoms with E-state index in [1.54, 1.807) is 0 Å². The van der Waals surface area contributed by atoms with Crippen molar-refractivity contribution < 1.29 is 8.83 Å². The van der Waals surface area contributed by atoms with E-state index < -0.39 is 0 Å². The number of fused-ring (bicyclic) bond motifs is 9. The van der Waals surface area contributed by atoms with Gasteiger partial charge in [0.25, 0.3) is 0 Å². The lowest BCUT2D eigenvalue weighted by Gasteiger charge is -2.29. The molecule has 0 saturated heterocycles. The molecule has 1 aliphatic carbocycles. The molecule has 11 aromatic rings. The number of furan rings is 2. The summed E-state index contributed by atoms with van der Waals surface area (Å²) in [4.78, 5) is 15.7. The molecule has 58 heavy (non-hydrogen) atoms. The number of para-hydroxylation sites is 4. The highest BCUT2D eigenvalue weighted by atomic mass is 16.3. The lowest BCUT2D eigenvalue weighted by Crippen LogP contribution is -2.24. The lowest BCUT2D eigenvalue weighted by atomic mass is 9.74. The third kappa shape index (κ3) is 5.01. The van der Waals surface area contributed by atoms with Crippen molar-refractivity contribution >= 4 is 60.8 Å². The molecule has 0 N–H and O–H groups in total. The zero-order valence-electron chi connectivity index (χ0n) is 31.6. The number of benzene rings is 7. The second-order valence-electron chi connectivity index (χ2n) is 15.5. The molecule has 1 aliphatic rings. The molecule has 0 aliphatic heterocycles. The van der Waals surface area contributed by atoms with Crippen LogP contribution in [0.15, 0.2) is 179 Å². The summed E-state index contributed by atoms with van der Waals surface area (Å²) in [6, 6.07) is 56.8. The van der Waals surface area contributed by atoms with Crippen LogP contribution in [0.2, 0.25) is 0 Å². The van der Waals surface area contributed by atoms with E-state index in [1.165, 1.54) is 21.9 Å². The second kappa shape index (κ2) is 12.5. The van der Waals surface area contributed by atoms with Gasteiger partial charge in [0.05, 0.1) is 16.7 Å². The van der Waals surface area contributed by atoms with Gasteiger partial charge in [-0.3, -0.25) is 0 Å². The molecular weight excluding hydrogens is 713 g/mol. The van der Waals surface area contributed by atoms with Gasteiger partial charge in [0.1, 0.15) is 22.5 Å². The van der Waals surface area contributed by atoms with E-state index in [0.717, 1.165) is 78.5 Å². The van der Waals surface area contributed by atoms with E-state index in [-0.39, 0.29) is 5.41 Å². The van der Waals surface area contributed by atoms with Crippen molar-refractivity contribution in [3.8, 4) is 39.9 Å². The molecule has 1 unspecified atom stereocenters. The molecule has 0 radical (unpaired) electrons. The minimum atomic E-state index is -0.132. The van der Waals surface area contributed by atoms with Gasteiger partial charge in [-0.05, 0) is 66.6 Å². The zero-order valence-corrected chi connectivity index (χ0v) is 31.6. The maximum atomic E-state index is 6.56. The fourth-order valence-corrected chi connectivity index (χ4v) is 8.99. The van der Waals surface area contributed by atoms with E-state index in [4.69, 9.17) is 23.8 Å². The van der Waals surface area contributed by atoms with E-state index >= 15 is 0 Å². The monoisotopic (exact) mass is 746 g/mol. The van der Waals surface area contributed by atoms with Crippen LogP contribution in [-0.4, -0.2) is 19.5 Å². The van der Waals surface area contributed by atoms with Gasteiger partial charge in [-0.25, -0.2) is 15.0 Å². The molecule has 12 rings (SSSR count). The molecule has 6 nitrogen and oxygen atoms in total. The highest BCUT2D eigenvalue weighted by Gasteiger charge is 2.31. The molecule has 4 aromatic heterocycles. The van der Waals surface area contributed by atoms with Gasteiger partial charge >= 0.3 is 0 Å². The van der Waals surface area contributed by atoms with Crippen molar-refractivity contribution in [2.24, 2.45) is 0 Å². The number of aromatic nitrogens is 4. The van der Waals surface area contributed by atoms with Crippen LogP contribution >= 0.6 is 0 Å². The number of allylic oxidation sites excluding steroid dienone is 1. The Morgan fingerprint density at radius 3 is 1.81 bits per heavy atom. The van der Waals surface area contributed by atoms with Gasteiger partial charge in [0.15, 0.2) is 17.5 Å². The Hall–Kier alpha value is -7.57. The Bertz CT molecular complexity index is 3410. The molecule has 4 heterocycles. The van der Waals surface area contributed by atoms with Crippen LogP contribution in [0.1, 0.15) is 23.8 Å². The highest BCUT2D eigenvalue weighted by Crippen LogP contribution is 2.42. The van der Waals surface area contributed by atoms with Crippen LogP contribution in [0, 0.1) is 0 Å². The molecule has 1 atom stereocenters. The van der Waals surface area contributed by atoms with Gasteiger partial charge in [-0.1, -0.05) is 128 Å². The SMILES string of the molecule is CC1(c2ccccc2)C=Cc2oc3cc(-c4nc(-c5ccc6c(c5)oc5ccccc56)nc(-c5ccccc5-n5c6ccccc6c6ccccc65)n4)ccc3c2C1. The number of hydrogen-bond acceptors (Lipinski definition) is 5. The first-order chi connectivity index (χ1) is 28.6. The standard InChI is InChI=1S/C52H34N4O2/c1-52(34-13-3-2-4-14-34)28-27-46-41(31-52)39-26-24-33(30-48(39)58-46)50-53-49(32-23-25-38-37-17-8-12-22-45(37)57-47(38)29-32)54-51(55-50)40-18-7-11-21-44(40)56-42-19-9-5-15-35(42)36-16-6-10-20-43(36)56/h2-30H,31H2,1H3. The van der Waals surface area contributed by atoms with Gasteiger partial charge in [-0.15, -0.1) is 0 Å². The second-order valence-corrected chi connectivity index (χ2v) is 15.5. The Kier molecular flexibility index (Phi) is 7.02. The third-order valence-electron chi connectivity index (χ3n) is 11.9. The first-order valence-corrected chi connectivity index (χ1v) is 19.6. The first-order valence-electron chi connectivity index (χ1n) is 19.6. The van der Waals surface area contributed by atoms with Crippen LogP contribution in [0.25, 0.3) is 101 Å². The number of nitrogens with zero attached hydrogens (tertiary/aromatic N) is 4. The van der Waals surface area contributed by atoms with E-state index in [0.29, 0.717) is 17.5 Å². The molecule has 0 spiro atoms. The van der Waals surface area contributed by atoms with Gasteiger partial charge in [-0.2, -0.15) is 0 Å². The molecule has 7 aromatic carbocycles. The predicted octanol–water partition coefficient (Wildman–Crippen LogP) is 13.1. The Labute approximate surface area is 333 Å². The van der Waals surface area contributed by atoms with Gasteiger partial charge in [0.2, 0.25) is 0 Å². The Morgan fingerprint density at radius 2 is 1.07 bits per heavy atom. The summed E-state index contributed by atoms with van der Waals surface area (Å²) < 4.78 is 15.2. The molecule has 0 saturated carbocycles. The van der Waals surface area contributed by atoms with Gasteiger partial charge in [0, 0.05) is 54.6 Å². The molecule has 274 valence electrons. The van der Waals surface area contributed by atoms with Crippen molar-refractivity contribution in [1.82, 2.24) is 19.5 Å². The molecule has 6 heteroatoms. The fraction of sp³-hybridized carbons (Fsp3) is 0.0577.